The van der Waals surface area contributed by atoms with Crippen LogP contribution in [-0.4, -0.2) is 23.0 Å². The SMILES string of the molecule is O=C(O)CCCc1cc2c(cc1O)OCO2. The molecule has 0 atom stereocenters. The molecule has 0 aromatic heterocycles. The number of aliphatic carboxylic acids is 1. The second kappa shape index (κ2) is 4.30. The van der Waals surface area contributed by atoms with E-state index >= 15 is 0 Å². The Balaban J connectivity index is 2.06. The zero-order valence-corrected chi connectivity index (χ0v) is 8.60. The summed E-state index contributed by atoms with van der Waals surface area (Å²) in [7, 11) is 0. The molecular formula is C11H12O5. The maximum atomic E-state index is 10.4. The fraction of sp³-hybridized carbons (Fsp3) is 0.364. The van der Waals surface area contributed by atoms with Crippen molar-refractivity contribution < 1.29 is 24.5 Å². The third-order valence-electron chi connectivity index (χ3n) is 2.41. The molecule has 0 radical (unpaired) electrons. The Morgan fingerprint density at radius 2 is 2.00 bits per heavy atom. The molecule has 0 amide bonds. The first kappa shape index (κ1) is 10.6. The van der Waals surface area contributed by atoms with Crippen molar-refractivity contribution in [2.45, 2.75) is 19.3 Å². The van der Waals surface area contributed by atoms with Crippen molar-refractivity contribution in [3.8, 4) is 17.2 Å². The fourth-order valence-electron chi connectivity index (χ4n) is 1.60. The minimum Gasteiger partial charge on any atom is -0.508 e. The summed E-state index contributed by atoms with van der Waals surface area (Å²) in [6, 6.07) is 3.19. The number of hydrogen-bond donors (Lipinski definition) is 2. The number of aromatic hydroxyl groups is 1. The van der Waals surface area contributed by atoms with E-state index in [1.165, 1.54) is 6.07 Å². The molecule has 1 aromatic rings. The van der Waals surface area contributed by atoms with Gasteiger partial charge in [0, 0.05) is 12.5 Å². The standard InChI is InChI=1S/C11H12O5/c12-8-5-10-9(15-6-16-10)4-7(8)2-1-3-11(13)14/h4-5,12H,1-3,6H2,(H,13,14). The number of aryl methyl sites for hydroxylation is 1. The molecule has 5 nitrogen and oxygen atoms in total. The predicted octanol–water partition coefficient (Wildman–Crippen LogP) is 1.53. The Morgan fingerprint density at radius 1 is 1.31 bits per heavy atom. The lowest BCUT2D eigenvalue weighted by Crippen LogP contribution is -1.96. The van der Waals surface area contributed by atoms with Crippen molar-refractivity contribution in [1.29, 1.82) is 0 Å². The van der Waals surface area contributed by atoms with Gasteiger partial charge in [-0.25, -0.2) is 0 Å². The Bertz CT molecular complexity index is 413. The molecule has 0 fully saturated rings. The van der Waals surface area contributed by atoms with Crippen LogP contribution in [0.15, 0.2) is 12.1 Å². The number of carboxylic acid groups (broad SMARTS) is 1. The van der Waals surface area contributed by atoms with Crippen LogP contribution in [0.25, 0.3) is 0 Å². The van der Waals surface area contributed by atoms with E-state index in [0.717, 1.165) is 0 Å². The van der Waals surface area contributed by atoms with E-state index < -0.39 is 5.97 Å². The first-order chi connectivity index (χ1) is 7.66. The number of carbonyl (C=O) groups is 1. The summed E-state index contributed by atoms with van der Waals surface area (Å²) in [5.41, 5.74) is 0.686. The third kappa shape index (κ3) is 2.18. The zero-order valence-electron chi connectivity index (χ0n) is 8.60. The molecule has 0 saturated heterocycles. The molecule has 1 aromatic carbocycles. The van der Waals surface area contributed by atoms with Crippen LogP contribution in [0.4, 0.5) is 0 Å². The predicted molar refractivity (Wildman–Crippen MR) is 54.8 cm³/mol. The van der Waals surface area contributed by atoms with E-state index in [1.807, 2.05) is 0 Å². The molecule has 0 unspecified atom stereocenters. The van der Waals surface area contributed by atoms with Gasteiger partial charge in [0.1, 0.15) is 5.75 Å². The average molecular weight is 224 g/mol. The third-order valence-corrected chi connectivity index (χ3v) is 2.41. The number of benzene rings is 1. The number of fused-ring (bicyclic) bond motifs is 1. The van der Waals surface area contributed by atoms with E-state index in [9.17, 15) is 9.90 Å². The van der Waals surface area contributed by atoms with Crippen LogP contribution >= 0.6 is 0 Å². The lowest BCUT2D eigenvalue weighted by atomic mass is 10.1. The minimum atomic E-state index is -0.833. The van der Waals surface area contributed by atoms with E-state index in [4.69, 9.17) is 14.6 Å². The first-order valence-corrected chi connectivity index (χ1v) is 5.00. The number of phenols is 1. The highest BCUT2D eigenvalue weighted by Gasteiger charge is 2.16. The van der Waals surface area contributed by atoms with Crippen molar-refractivity contribution in [3.05, 3.63) is 17.7 Å². The number of phenolic OH excluding ortho intramolecular Hbond substituents is 1. The molecule has 1 heterocycles. The van der Waals surface area contributed by atoms with Crippen LogP contribution in [0.3, 0.4) is 0 Å². The lowest BCUT2D eigenvalue weighted by Gasteiger charge is -2.05. The van der Waals surface area contributed by atoms with Gasteiger partial charge >= 0.3 is 5.97 Å². The quantitative estimate of drug-likeness (QED) is 0.811. The van der Waals surface area contributed by atoms with Crippen LogP contribution in [0.2, 0.25) is 0 Å². The molecule has 2 N–H and O–H groups in total. The minimum absolute atomic E-state index is 0.0912. The highest BCUT2D eigenvalue weighted by Crippen LogP contribution is 2.37. The van der Waals surface area contributed by atoms with Crippen LogP contribution in [-0.2, 0) is 11.2 Å². The summed E-state index contributed by atoms with van der Waals surface area (Å²) in [6.45, 7) is 0.160. The van der Waals surface area contributed by atoms with Gasteiger partial charge in [-0.15, -0.1) is 0 Å². The Labute approximate surface area is 92.2 Å². The highest BCUT2D eigenvalue weighted by atomic mass is 16.7. The second-order valence-electron chi connectivity index (χ2n) is 3.58. The molecule has 5 heteroatoms. The Morgan fingerprint density at radius 3 is 2.69 bits per heavy atom. The van der Waals surface area contributed by atoms with Gasteiger partial charge in [0.05, 0.1) is 0 Å². The summed E-state index contributed by atoms with van der Waals surface area (Å²) >= 11 is 0. The zero-order chi connectivity index (χ0) is 11.5. The van der Waals surface area contributed by atoms with E-state index in [-0.39, 0.29) is 19.0 Å². The van der Waals surface area contributed by atoms with Gasteiger partial charge in [-0.2, -0.15) is 0 Å². The highest BCUT2D eigenvalue weighted by molar-refractivity contribution is 5.66. The van der Waals surface area contributed by atoms with Crippen molar-refractivity contribution in [2.75, 3.05) is 6.79 Å². The van der Waals surface area contributed by atoms with Crippen LogP contribution < -0.4 is 9.47 Å². The molecule has 1 aliphatic heterocycles. The monoisotopic (exact) mass is 224 g/mol. The second-order valence-corrected chi connectivity index (χ2v) is 3.58. The smallest absolute Gasteiger partial charge is 0.303 e. The van der Waals surface area contributed by atoms with Gasteiger partial charge in [0.2, 0.25) is 6.79 Å². The summed E-state index contributed by atoms with van der Waals surface area (Å²) in [6.07, 6.45) is 1.09. The molecule has 1 aliphatic rings. The average Bonchev–Trinajstić information content (AvgIpc) is 2.64. The number of hydrogen-bond acceptors (Lipinski definition) is 4. The van der Waals surface area contributed by atoms with Crippen molar-refractivity contribution >= 4 is 5.97 Å². The lowest BCUT2D eigenvalue weighted by molar-refractivity contribution is -0.137. The van der Waals surface area contributed by atoms with E-state index in [0.29, 0.717) is 29.9 Å². The summed E-state index contributed by atoms with van der Waals surface area (Å²) in [4.78, 5) is 10.4. The van der Waals surface area contributed by atoms with E-state index in [2.05, 4.69) is 0 Å². The maximum absolute atomic E-state index is 10.4. The van der Waals surface area contributed by atoms with Gasteiger partial charge < -0.3 is 19.7 Å². The topological polar surface area (TPSA) is 76.0 Å². The molecule has 0 aliphatic carbocycles. The molecule has 2 rings (SSSR count). The van der Waals surface area contributed by atoms with Crippen LogP contribution in [0.5, 0.6) is 17.2 Å². The van der Waals surface area contributed by atoms with Crippen molar-refractivity contribution in [2.24, 2.45) is 0 Å². The van der Waals surface area contributed by atoms with Gasteiger partial charge in [-0.1, -0.05) is 0 Å². The fourth-order valence-corrected chi connectivity index (χ4v) is 1.60. The number of carboxylic acids is 1. The largest absolute Gasteiger partial charge is 0.508 e. The molecule has 0 saturated carbocycles. The Kier molecular flexibility index (Phi) is 2.85. The van der Waals surface area contributed by atoms with Gasteiger partial charge in [0.25, 0.3) is 0 Å². The number of ether oxygens (including phenoxy) is 2. The van der Waals surface area contributed by atoms with Gasteiger partial charge in [0.15, 0.2) is 11.5 Å². The van der Waals surface area contributed by atoms with Crippen molar-refractivity contribution in [1.82, 2.24) is 0 Å². The van der Waals surface area contributed by atoms with Crippen LogP contribution in [0.1, 0.15) is 18.4 Å². The van der Waals surface area contributed by atoms with Crippen molar-refractivity contribution in [3.63, 3.8) is 0 Å². The summed E-state index contributed by atoms with van der Waals surface area (Å²) in [5.74, 6) is 0.414. The van der Waals surface area contributed by atoms with Gasteiger partial charge in [-0.05, 0) is 24.5 Å². The summed E-state index contributed by atoms with van der Waals surface area (Å²) < 4.78 is 10.3. The van der Waals surface area contributed by atoms with Gasteiger partial charge in [-0.3, -0.25) is 4.79 Å². The maximum Gasteiger partial charge on any atom is 0.303 e. The first-order valence-electron chi connectivity index (χ1n) is 5.00. The molecule has 0 spiro atoms. The normalized spacial score (nSPS) is 12.8. The molecule has 0 bridgehead atoms. The molecular weight excluding hydrogens is 212 g/mol. The molecule has 86 valence electrons. The molecule has 16 heavy (non-hydrogen) atoms. The van der Waals surface area contributed by atoms with E-state index in [1.54, 1.807) is 6.07 Å². The number of rotatable bonds is 4. The summed E-state index contributed by atoms with van der Waals surface area (Å²) in [5, 5.41) is 18.2. The Hall–Kier alpha value is -1.91. The van der Waals surface area contributed by atoms with Crippen LogP contribution in [0, 0.1) is 0 Å².